The highest BCUT2D eigenvalue weighted by molar-refractivity contribution is 7.20. The van der Waals surface area contributed by atoms with Crippen LogP contribution in [0.5, 0.6) is 0 Å². The van der Waals surface area contributed by atoms with Crippen LogP contribution in [0.4, 0.5) is 4.39 Å². The third kappa shape index (κ3) is 4.42. The van der Waals surface area contributed by atoms with Crippen LogP contribution in [0.25, 0.3) is 10.2 Å². The predicted octanol–water partition coefficient (Wildman–Crippen LogP) is 3.91. The molecule has 1 N–H and O–H groups in total. The first-order valence-corrected chi connectivity index (χ1v) is 10.2. The van der Waals surface area contributed by atoms with Crippen molar-refractivity contribution < 1.29 is 9.18 Å². The molecule has 0 aliphatic rings. The van der Waals surface area contributed by atoms with Gasteiger partial charge in [0.15, 0.2) is 0 Å². The van der Waals surface area contributed by atoms with Gasteiger partial charge in [0.05, 0.1) is 17.1 Å². The van der Waals surface area contributed by atoms with Crippen LogP contribution in [0.1, 0.15) is 34.8 Å². The molecule has 0 bridgehead atoms. The maximum atomic E-state index is 13.1. The van der Waals surface area contributed by atoms with E-state index >= 15 is 0 Å². The minimum atomic E-state index is -0.252. The lowest BCUT2D eigenvalue weighted by atomic mass is 10.0. The van der Waals surface area contributed by atoms with Crippen LogP contribution >= 0.6 is 11.3 Å². The molecule has 0 saturated carbocycles. The molecule has 5 nitrogen and oxygen atoms in total. The molecule has 2 aromatic heterocycles. The van der Waals surface area contributed by atoms with Crippen LogP contribution in [0.3, 0.4) is 0 Å². The normalized spacial score (nSPS) is 12.9. The van der Waals surface area contributed by atoms with Crippen molar-refractivity contribution in [2.75, 3.05) is 20.6 Å². The Hall–Kier alpha value is -2.25. The number of nitrogens with one attached hydrogen (secondary N) is 1. The molecule has 150 valence electrons. The van der Waals surface area contributed by atoms with E-state index in [-0.39, 0.29) is 17.8 Å². The first-order valence-electron chi connectivity index (χ1n) is 9.42. The maximum Gasteiger partial charge on any atom is 0.261 e. The summed E-state index contributed by atoms with van der Waals surface area (Å²) in [7, 11) is 4.06. The second-order valence-corrected chi connectivity index (χ2v) is 8.71. The molecule has 2 heterocycles. The third-order valence-electron chi connectivity index (χ3n) is 4.98. The number of nitrogens with zero attached hydrogens (tertiary/aromatic N) is 3. The average molecular weight is 403 g/mol. The van der Waals surface area contributed by atoms with E-state index in [1.165, 1.54) is 23.5 Å². The van der Waals surface area contributed by atoms with E-state index in [0.717, 1.165) is 21.5 Å². The van der Waals surface area contributed by atoms with Crippen LogP contribution < -0.4 is 5.32 Å². The van der Waals surface area contributed by atoms with Gasteiger partial charge in [-0.25, -0.2) is 4.39 Å². The lowest BCUT2D eigenvalue weighted by molar-refractivity contribution is 0.0939. The SMILES string of the molecule is Cc1nn(Cc2ccc(F)cc2)c2sc(C(=O)NCC(C(C)C)N(C)C)cc12. The number of halogens is 1. The van der Waals surface area contributed by atoms with Crippen LogP contribution in [-0.2, 0) is 6.54 Å². The molecule has 0 saturated heterocycles. The van der Waals surface area contributed by atoms with Crippen LogP contribution in [0.15, 0.2) is 30.3 Å². The summed E-state index contributed by atoms with van der Waals surface area (Å²) in [6.45, 7) is 7.41. The summed E-state index contributed by atoms with van der Waals surface area (Å²) in [5.74, 6) is 0.142. The predicted molar refractivity (Wildman–Crippen MR) is 112 cm³/mol. The summed E-state index contributed by atoms with van der Waals surface area (Å²) >= 11 is 1.44. The number of rotatable bonds is 7. The fourth-order valence-electron chi connectivity index (χ4n) is 3.39. The summed E-state index contributed by atoms with van der Waals surface area (Å²) in [6, 6.07) is 8.62. The molecule has 0 radical (unpaired) electrons. The molecule has 1 aromatic carbocycles. The molecule has 3 rings (SSSR count). The van der Waals surface area contributed by atoms with Crippen molar-refractivity contribution in [3.05, 3.63) is 52.3 Å². The second-order valence-electron chi connectivity index (χ2n) is 7.68. The topological polar surface area (TPSA) is 50.2 Å². The van der Waals surface area contributed by atoms with Crippen LogP contribution in [0, 0.1) is 18.7 Å². The zero-order valence-corrected chi connectivity index (χ0v) is 17.8. The summed E-state index contributed by atoms with van der Waals surface area (Å²) in [5.41, 5.74) is 1.86. The highest BCUT2D eigenvalue weighted by atomic mass is 32.1. The van der Waals surface area contributed by atoms with Gasteiger partial charge < -0.3 is 10.2 Å². The Morgan fingerprint density at radius 1 is 1.29 bits per heavy atom. The number of hydrogen-bond acceptors (Lipinski definition) is 4. The summed E-state index contributed by atoms with van der Waals surface area (Å²) in [5, 5.41) is 8.64. The quantitative estimate of drug-likeness (QED) is 0.652. The molecule has 1 amide bonds. The van der Waals surface area contributed by atoms with Crippen molar-refractivity contribution in [1.82, 2.24) is 20.0 Å². The number of amides is 1. The molecule has 0 aliphatic heterocycles. The molecule has 28 heavy (non-hydrogen) atoms. The summed E-state index contributed by atoms with van der Waals surface area (Å²) < 4.78 is 15.0. The number of likely N-dealkylation sites (N-methyl/N-ethyl adjacent to an activating group) is 1. The average Bonchev–Trinajstić information content (AvgIpc) is 3.18. The molecular weight excluding hydrogens is 375 g/mol. The fraction of sp³-hybridized carbons (Fsp3) is 0.429. The highest BCUT2D eigenvalue weighted by Gasteiger charge is 2.20. The zero-order valence-electron chi connectivity index (χ0n) is 17.0. The first-order chi connectivity index (χ1) is 13.3. The Balaban J connectivity index is 1.78. The van der Waals surface area contributed by atoms with Gasteiger partial charge in [-0.05, 0) is 50.7 Å². The Bertz CT molecular complexity index is 951. The second kappa shape index (κ2) is 8.41. The Morgan fingerprint density at radius 2 is 1.96 bits per heavy atom. The van der Waals surface area contributed by atoms with Crippen molar-refractivity contribution in [3.63, 3.8) is 0 Å². The van der Waals surface area contributed by atoms with E-state index in [4.69, 9.17) is 0 Å². The molecular formula is C21H27FN4OS. The van der Waals surface area contributed by atoms with Gasteiger partial charge in [-0.3, -0.25) is 9.48 Å². The lowest BCUT2D eigenvalue weighted by Crippen LogP contribution is -2.43. The van der Waals surface area contributed by atoms with Crippen LogP contribution in [0.2, 0.25) is 0 Å². The van der Waals surface area contributed by atoms with Crippen LogP contribution in [-0.4, -0.2) is 47.3 Å². The van der Waals surface area contributed by atoms with E-state index < -0.39 is 0 Å². The summed E-state index contributed by atoms with van der Waals surface area (Å²) in [6.07, 6.45) is 0. The standard InChI is InChI=1S/C21H27FN4OS/c1-13(2)18(25(4)5)11-23-20(27)19-10-17-14(3)24-26(21(17)28-19)12-15-6-8-16(22)9-7-15/h6-10,13,18H,11-12H2,1-5H3,(H,23,27). The first kappa shape index (κ1) is 20.5. The van der Waals surface area contributed by atoms with E-state index in [1.807, 2.05) is 31.8 Å². The monoisotopic (exact) mass is 402 g/mol. The highest BCUT2D eigenvalue weighted by Crippen LogP contribution is 2.29. The maximum absolute atomic E-state index is 13.1. The zero-order chi connectivity index (χ0) is 20.4. The third-order valence-corrected chi connectivity index (χ3v) is 6.13. The molecule has 1 unspecified atom stereocenters. The smallest absolute Gasteiger partial charge is 0.261 e. The molecule has 7 heteroatoms. The molecule has 1 atom stereocenters. The number of carbonyl (C=O) groups is 1. The van der Waals surface area contributed by atoms with E-state index in [0.29, 0.717) is 23.9 Å². The number of fused-ring (bicyclic) bond motifs is 1. The minimum absolute atomic E-state index is 0.0542. The van der Waals surface area contributed by atoms with Gasteiger partial charge in [0.25, 0.3) is 5.91 Å². The van der Waals surface area contributed by atoms with Crippen molar-refractivity contribution >= 4 is 27.5 Å². The molecule has 0 aliphatic carbocycles. The Labute approximate surface area is 169 Å². The van der Waals surface area contributed by atoms with Gasteiger partial charge in [-0.1, -0.05) is 26.0 Å². The van der Waals surface area contributed by atoms with E-state index in [9.17, 15) is 9.18 Å². The van der Waals surface area contributed by atoms with Gasteiger partial charge >= 0.3 is 0 Å². The number of aromatic nitrogens is 2. The van der Waals surface area contributed by atoms with Crippen molar-refractivity contribution in [2.24, 2.45) is 5.92 Å². The Kier molecular flexibility index (Phi) is 6.15. The summed E-state index contributed by atoms with van der Waals surface area (Å²) in [4.78, 5) is 16.5. The fourth-order valence-corrected chi connectivity index (χ4v) is 4.47. The number of carbonyl (C=O) groups excluding carboxylic acids is 1. The molecule has 0 fully saturated rings. The van der Waals surface area contributed by atoms with E-state index in [2.05, 4.69) is 29.2 Å². The Morgan fingerprint density at radius 3 is 2.57 bits per heavy atom. The largest absolute Gasteiger partial charge is 0.350 e. The number of hydrogen-bond donors (Lipinski definition) is 1. The van der Waals surface area contributed by atoms with Crippen molar-refractivity contribution in [2.45, 2.75) is 33.4 Å². The molecule has 0 spiro atoms. The van der Waals surface area contributed by atoms with Crippen molar-refractivity contribution in [1.29, 1.82) is 0 Å². The van der Waals surface area contributed by atoms with Gasteiger partial charge in [-0.15, -0.1) is 11.3 Å². The van der Waals surface area contributed by atoms with Crippen molar-refractivity contribution in [3.8, 4) is 0 Å². The molecule has 3 aromatic rings. The number of thiophene rings is 1. The van der Waals surface area contributed by atoms with Gasteiger partial charge in [0, 0.05) is 18.0 Å². The minimum Gasteiger partial charge on any atom is -0.350 e. The lowest BCUT2D eigenvalue weighted by Gasteiger charge is -2.27. The van der Waals surface area contributed by atoms with E-state index in [1.54, 1.807) is 12.1 Å². The van der Waals surface area contributed by atoms with Gasteiger partial charge in [-0.2, -0.15) is 5.10 Å². The van der Waals surface area contributed by atoms with Gasteiger partial charge in [0.1, 0.15) is 10.6 Å². The van der Waals surface area contributed by atoms with Gasteiger partial charge in [0.2, 0.25) is 0 Å². The number of benzene rings is 1. The number of aryl methyl sites for hydroxylation is 1.